The molecule has 5 heterocycles. The summed E-state index contributed by atoms with van der Waals surface area (Å²) in [4.78, 5) is 12.3. The molecule has 7 rings (SSSR count). The topological polar surface area (TPSA) is 127 Å². The molecule has 210 valence electrons. The summed E-state index contributed by atoms with van der Waals surface area (Å²) in [6.07, 6.45) is 1.36. The minimum atomic E-state index is -3.10. The molecule has 0 radical (unpaired) electrons. The summed E-state index contributed by atoms with van der Waals surface area (Å²) in [5, 5.41) is 10.3. The average Bonchev–Trinajstić information content (AvgIpc) is 3.51. The van der Waals surface area contributed by atoms with Crippen molar-refractivity contribution in [2.45, 2.75) is 55.3 Å². The molecule has 1 aromatic carbocycles. The number of piperidine rings is 1. The Balaban J connectivity index is 1.01. The molecule has 2 aromatic heterocycles. The van der Waals surface area contributed by atoms with Crippen molar-refractivity contribution >= 4 is 32.8 Å². The van der Waals surface area contributed by atoms with E-state index in [1.54, 1.807) is 10.4 Å². The van der Waals surface area contributed by atoms with Crippen LogP contribution < -0.4 is 4.74 Å². The SMILES string of the molecule is O=S(=O)(C1CC1)N1CCC(C#Cc2ccc(-c3nc4nc(O[C@@H]5CO[C@H]6[C@@H]5OC[C@H]6O)[nH]c4cc3Cl)cc2)CC1. The smallest absolute Gasteiger partial charge is 0.296 e. The second-order valence-electron chi connectivity index (χ2n) is 10.8. The summed E-state index contributed by atoms with van der Waals surface area (Å²) in [7, 11) is -3.10. The van der Waals surface area contributed by atoms with Crippen LogP contribution in [0.3, 0.4) is 0 Å². The maximum atomic E-state index is 12.4. The van der Waals surface area contributed by atoms with Gasteiger partial charge in [0.05, 0.1) is 34.7 Å². The Morgan fingerprint density at radius 1 is 1.05 bits per heavy atom. The van der Waals surface area contributed by atoms with Crippen LogP contribution in [0.5, 0.6) is 6.01 Å². The Kier molecular flexibility index (Phi) is 6.73. The lowest BCUT2D eigenvalue weighted by Crippen LogP contribution is -2.40. The summed E-state index contributed by atoms with van der Waals surface area (Å²) >= 11 is 6.58. The highest BCUT2D eigenvalue weighted by molar-refractivity contribution is 7.90. The molecule has 10 nitrogen and oxygen atoms in total. The number of aliphatic hydroxyl groups is 1. The normalized spacial score (nSPS) is 27.4. The molecule has 3 aliphatic heterocycles. The molecule has 0 unspecified atom stereocenters. The van der Waals surface area contributed by atoms with Gasteiger partial charge in [-0.2, -0.15) is 4.98 Å². The fourth-order valence-corrected chi connectivity index (χ4v) is 7.70. The quantitative estimate of drug-likeness (QED) is 0.438. The number of pyridine rings is 1. The summed E-state index contributed by atoms with van der Waals surface area (Å²) < 4.78 is 43.7. The zero-order valence-electron chi connectivity index (χ0n) is 21.6. The first-order valence-corrected chi connectivity index (χ1v) is 15.5. The molecule has 0 spiro atoms. The van der Waals surface area contributed by atoms with Crippen LogP contribution >= 0.6 is 11.6 Å². The summed E-state index contributed by atoms with van der Waals surface area (Å²) in [6.45, 7) is 1.64. The van der Waals surface area contributed by atoms with Gasteiger partial charge < -0.3 is 24.3 Å². The lowest BCUT2D eigenvalue weighted by atomic mass is 9.98. The highest BCUT2D eigenvalue weighted by atomic mass is 35.5. The number of nitrogens with zero attached hydrogens (tertiary/aromatic N) is 3. The van der Waals surface area contributed by atoms with Gasteiger partial charge in [0, 0.05) is 30.1 Å². The van der Waals surface area contributed by atoms with Crippen LogP contribution in [0.4, 0.5) is 0 Å². The van der Waals surface area contributed by atoms with Crippen LogP contribution in [-0.2, 0) is 19.5 Å². The number of hydrogen-bond donors (Lipinski definition) is 2. The minimum absolute atomic E-state index is 0.154. The van der Waals surface area contributed by atoms with E-state index in [0.717, 1.165) is 36.8 Å². The predicted molar refractivity (Wildman–Crippen MR) is 147 cm³/mol. The van der Waals surface area contributed by atoms with E-state index >= 15 is 0 Å². The van der Waals surface area contributed by atoms with Crippen LogP contribution in [0.25, 0.3) is 22.4 Å². The molecule has 1 saturated carbocycles. The third-order valence-electron chi connectivity index (χ3n) is 7.99. The number of imidazole rings is 1. The number of nitrogens with one attached hydrogen (secondary N) is 1. The highest BCUT2D eigenvalue weighted by Gasteiger charge is 2.48. The number of benzene rings is 1. The number of sulfonamides is 1. The lowest BCUT2D eigenvalue weighted by molar-refractivity contribution is 0.00706. The maximum absolute atomic E-state index is 12.4. The van der Waals surface area contributed by atoms with Gasteiger partial charge in [-0.05, 0) is 43.9 Å². The fourth-order valence-electron chi connectivity index (χ4n) is 5.57. The fraction of sp³-hybridized carbons (Fsp3) is 0.500. The first-order valence-electron chi connectivity index (χ1n) is 13.6. The van der Waals surface area contributed by atoms with Crippen molar-refractivity contribution in [3.05, 3.63) is 40.9 Å². The minimum Gasteiger partial charge on any atom is -0.456 e. The molecule has 0 amide bonds. The van der Waals surface area contributed by atoms with Crippen LogP contribution in [0.1, 0.15) is 31.2 Å². The van der Waals surface area contributed by atoms with Crippen molar-refractivity contribution in [2.24, 2.45) is 5.92 Å². The third kappa shape index (κ3) is 4.98. The van der Waals surface area contributed by atoms with Gasteiger partial charge >= 0.3 is 0 Å². The van der Waals surface area contributed by atoms with Crippen LogP contribution in [0.2, 0.25) is 5.02 Å². The monoisotopic (exact) mass is 584 g/mol. The Bertz CT molecular complexity index is 1590. The molecular formula is C28H29ClN4O6S. The van der Waals surface area contributed by atoms with Crippen molar-refractivity contribution < 1.29 is 27.7 Å². The number of rotatable bonds is 5. The van der Waals surface area contributed by atoms with E-state index in [1.807, 2.05) is 24.3 Å². The van der Waals surface area contributed by atoms with E-state index in [2.05, 4.69) is 26.8 Å². The van der Waals surface area contributed by atoms with E-state index in [4.69, 9.17) is 25.8 Å². The van der Waals surface area contributed by atoms with E-state index < -0.39 is 16.1 Å². The largest absolute Gasteiger partial charge is 0.456 e. The van der Waals surface area contributed by atoms with E-state index in [9.17, 15) is 13.5 Å². The number of hydrogen-bond acceptors (Lipinski definition) is 8. The molecular weight excluding hydrogens is 556 g/mol. The number of fused-ring (bicyclic) bond motifs is 2. The number of halogens is 1. The molecule has 1 aliphatic carbocycles. The number of aliphatic hydroxyl groups excluding tert-OH is 1. The molecule has 3 aromatic rings. The van der Waals surface area contributed by atoms with Gasteiger partial charge in [0.25, 0.3) is 6.01 Å². The van der Waals surface area contributed by atoms with Gasteiger partial charge in [-0.1, -0.05) is 35.6 Å². The lowest BCUT2D eigenvalue weighted by Gasteiger charge is -2.29. The van der Waals surface area contributed by atoms with Gasteiger partial charge in [0.2, 0.25) is 10.0 Å². The third-order valence-corrected chi connectivity index (χ3v) is 10.7. The second-order valence-corrected chi connectivity index (χ2v) is 13.4. The van der Waals surface area contributed by atoms with Gasteiger partial charge in [-0.3, -0.25) is 0 Å². The number of aromatic amines is 1. The van der Waals surface area contributed by atoms with Gasteiger partial charge in [0.1, 0.15) is 18.3 Å². The van der Waals surface area contributed by atoms with Crippen molar-refractivity contribution in [1.29, 1.82) is 0 Å². The Labute approximate surface area is 237 Å². The Morgan fingerprint density at radius 2 is 1.80 bits per heavy atom. The molecule has 0 bridgehead atoms. The molecule has 40 heavy (non-hydrogen) atoms. The van der Waals surface area contributed by atoms with E-state index in [1.165, 1.54) is 0 Å². The maximum Gasteiger partial charge on any atom is 0.296 e. The molecule has 4 aliphatic rings. The highest BCUT2D eigenvalue weighted by Crippen LogP contribution is 2.34. The molecule has 12 heteroatoms. The van der Waals surface area contributed by atoms with E-state index in [0.29, 0.717) is 41.6 Å². The predicted octanol–water partition coefficient (Wildman–Crippen LogP) is 2.74. The van der Waals surface area contributed by atoms with Crippen molar-refractivity contribution in [3.63, 3.8) is 0 Å². The summed E-state index contributed by atoms with van der Waals surface area (Å²) in [6, 6.07) is 9.78. The molecule has 4 fully saturated rings. The van der Waals surface area contributed by atoms with Crippen LogP contribution in [-0.4, -0.2) is 88.8 Å². The zero-order valence-corrected chi connectivity index (χ0v) is 23.2. The second kappa shape index (κ2) is 10.3. The van der Waals surface area contributed by atoms with Gasteiger partial charge in [0.15, 0.2) is 11.8 Å². The van der Waals surface area contributed by atoms with Crippen LogP contribution in [0, 0.1) is 17.8 Å². The standard InChI is InChI=1S/C28H29ClN4O6S/c29-20-13-21-27(32-28(30-21)39-23-15-38-25-22(34)14-37-26(23)25)31-24(20)18-5-3-16(4-6-18)1-2-17-9-11-33(12-10-17)40(35,36)19-7-8-19/h3-6,13,17,19,22-23,25-26,34H,7-12,14-15H2,(H,30,31,32)/t22-,23-,25-,26-/m1/s1. The van der Waals surface area contributed by atoms with Gasteiger partial charge in [-0.15, -0.1) is 0 Å². The summed E-state index contributed by atoms with van der Waals surface area (Å²) in [5.41, 5.74) is 3.42. The number of H-pyrrole nitrogens is 1. The average molecular weight is 585 g/mol. The van der Waals surface area contributed by atoms with Crippen molar-refractivity contribution in [2.75, 3.05) is 26.3 Å². The van der Waals surface area contributed by atoms with Crippen molar-refractivity contribution in [1.82, 2.24) is 19.3 Å². The molecule has 3 saturated heterocycles. The molecule has 4 atom stereocenters. The van der Waals surface area contributed by atoms with Crippen LogP contribution in [0.15, 0.2) is 30.3 Å². The number of ether oxygens (including phenoxy) is 3. The Hall–Kier alpha value is -2.72. The zero-order chi connectivity index (χ0) is 27.4. The van der Waals surface area contributed by atoms with E-state index in [-0.39, 0.29) is 42.1 Å². The first kappa shape index (κ1) is 26.2. The first-order chi connectivity index (χ1) is 19.3. The Morgan fingerprint density at radius 3 is 2.55 bits per heavy atom. The van der Waals surface area contributed by atoms with Crippen molar-refractivity contribution in [3.8, 4) is 29.1 Å². The number of aromatic nitrogens is 3. The van der Waals surface area contributed by atoms with Gasteiger partial charge in [-0.25, -0.2) is 17.7 Å². The summed E-state index contributed by atoms with van der Waals surface area (Å²) in [5.74, 6) is 6.75. The molecule has 2 N–H and O–H groups in total.